The Bertz CT molecular complexity index is 1340. The summed E-state index contributed by atoms with van der Waals surface area (Å²) in [7, 11) is 1.57. The number of benzene rings is 2. The summed E-state index contributed by atoms with van der Waals surface area (Å²) in [6.07, 6.45) is 4.09. The number of rotatable bonds is 10. The van der Waals surface area contributed by atoms with Gasteiger partial charge < -0.3 is 20.3 Å². The molecule has 0 spiro atoms. The van der Waals surface area contributed by atoms with Crippen molar-refractivity contribution in [3.63, 3.8) is 0 Å². The van der Waals surface area contributed by atoms with Crippen molar-refractivity contribution in [2.75, 3.05) is 13.7 Å². The lowest BCUT2D eigenvalue weighted by molar-refractivity contribution is -0.139. The Morgan fingerprint density at radius 3 is 2.73 bits per heavy atom. The Labute approximate surface area is 213 Å². The largest absolute Gasteiger partial charge is 0.497 e. The summed E-state index contributed by atoms with van der Waals surface area (Å²) in [4.78, 5) is 46.4. The number of carboxylic acids is 2. The molecule has 0 saturated heterocycles. The number of aliphatic carboxylic acids is 1. The average Bonchev–Trinajstić information content (AvgIpc) is 3.32. The van der Waals surface area contributed by atoms with Crippen LogP contribution in [0.3, 0.4) is 0 Å². The molecule has 1 aliphatic carbocycles. The van der Waals surface area contributed by atoms with E-state index in [4.69, 9.17) is 4.74 Å². The van der Waals surface area contributed by atoms with Gasteiger partial charge in [-0.15, -0.1) is 0 Å². The summed E-state index contributed by atoms with van der Waals surface area (Å²) in [5, 5.41) is 22.0. The third kappa shape index (κ3) is 5.75. The van der Waals surface area contributed by atoms with Crippen LogP contribution in [-0.2, 0) is 24.3 Å². The lowest BCUT2D eigenvalue weighted by atomic mass is 9.97. The van der Waals surface area contributed by atoms with E-state index in [0.29, 0.717) is 29.7 Å². The zero-order chi connectivity index (χ0) is 26.5. The predicted molar refractivity (Wildman–Crippen MR) is 133 cm³/mol. The fourth-order valence-corrected chi connectivity index (χ4v) is 4.87. The van der Waals surface area contributed by atoms with E-state index >= 15 is 0 Å². The Balaban J connectivity index is 1.57. The minimum absolute atomic E-state index is 0.138. The second-order valence-corrected chi connectivity index (χ2v) is 8.90. The van der Waals surface area contributed by atoms with E-state index in [0.717, 1.165) is 16.7 Å². The van der Waals surface area contributed by atoms with Crippen molar-refractivity contribution >= 4 is 17.8 Å². The van der Waals surface area contributed by atoms with E-state index in [1.807, 2.05) is 24.3 Å². The number of hydrogen-bond acceptors (Lipinski definition) is 7. The number of aromatic carboxylic acids is 1. The fraction of sp³-hybridized carbons (Fsp3) is 0.296. The first kappa shape index (κ1) is 25.8. The molecule has 1 aromatic heterocycles. The van der Waals surface area contributed by atoms with Gasteiger partial charge in [0.1, 0.15) is 17.8 Å². The van der Waals surface area contributed by atoms with Gasteiger partial charge in [0.2, 0.25) is 0 Å². The Hall–Kier alpha value is -4.31. The van der Waals surface area contributed by atoms with Crippen molar-refractivity contribution in [1.82, 2.24) is 20.2 Å². The molecule has 0 fully saturated rings. The first-order valence-electron chi connectivity index (χ1n) is 11.8. The summed E-state index contributed by atoms with van der Waals surface area (Å²) in [5.74, 6) is -1.71. The summed E-state index contributed by atoms with van der Waals surface area (Å²) in [6.45, 7) is 1.92. The van der Waals surface area contributed by atoms with Crippen LogP contribution in [0.4, 0.5) is 0 Å². The molecule has 4 rings (SSSR count). The predicted octanol–water partition coefficient (Wildman–Crippen LogP) is 3.00. The second kappa shape index (κ2) is 11.2. The van der Waals surface area contributed by atoms with E-state index in [1.54, 1.807) is 31.1 Å². The molecule has 0 saturated carbocycles. The zero-order valence-electron chi connectivity index (χ0n) is 20.6. The molecule has 192 valence electrons. The fourth-order valence-electron chi connectivity index (χ4n) is 4.87. The molecule has 2 aromatic carbocycles. The number of carbonyl (C=O) groups excluding carboxylic acids is 1. The summed E-state index contributed by atoms with van der Waals surface area (Å²) >= 11 is 0. The molecule has 0 aliphatic heterocycles. The number of nitrogens with zero attached hydrogens (tertiary/aromatic N) is 3. The smallest absolute Gasteiger partial charge is 0.335 e. The summed E-state index contributed by atoms with van der Waals surface area (Å²) in [5.41, 5.74) is 4.31. The monoisotopic (exact) mass is 504 g/mol. The van der Waals surface area contributed by atoms with Crippen LogP contribution in [0.25, 0.3) is 0 Å². The molecule has 1 atom stereocenters. The van der Waals surface area contributed by atoms with E-state index in [9.17, 15) is 24.6 Å². The molecule has 3 aromatic rings. The van der Waals surface area contributed by atoms with Gasteiger partial charge in [0, 0.05) is 30.9 Å². The Morgan fingerprint density at radius 1 is 1.19 bits per heavy atom. The van der Waals surface area contributed by atoms with Gasteiger partial charge >= 0.3 is 11.9 Å². The van der Waals surface area contributed by atoms with Gasteiger partial charge in [-0.2, -0.15) is 0 Å². The van der Waals surface area contributed by atoms with Gasteiger partial charge in [-0.1, -0.05) is 18.2 Å². The molecule has 1 heterocycles. The van der Waals surface area contributed by atoms with Crippen LogP contribution in [0.1, 0.15) is 61.1 Å². The van der Waals surface area contributed by atoms with Crippen LogP contribution in [-0.4, -0.2) is 56.6 Å². The molecule has 10 heteroatoms. The first-order chi connectivity index (χ1) is 17.8. The normalized spacial score (nSPS) is 14.3. The van der Waals surface area contributed by atoms with Crippen LogP contribution >= 0.6 is 0 Å². The maximum absolute atomic E-state index is 13.0. The number of aromatic nitrogens is 2. The lowest BCUT2D eigenvalue weighted by Crippen LogP contribution is -2.34. The highest BCUT2D eigenvalue weighted by atomic mass is 16.5. The minimum atomic E-state index is -1.01. The highest BCUT2D eigenvalue weighted by Crippen LogP contribution is 2.39. The van der Waals surface area contributed by atoms with Crippen molar-refractivity contribution in [3.8, 4) is 5.75 Å². The van der Waals surface area contributed by atoms with Crippen LogP contribution in [0.15, 0.2) is 48.9 Å². The molecule has 1 unspecified atom stereocenters. The van der Waals surface area contributed by atoms with Crippen LogP contribution in [0.5, 0.6) is 5.75 Å². The van der Waals surface area contributed by atoms with Crippen molar-refractivity contribution in [2.45, 2.75) is 38.9 Å². The van der Waals surface area contributed by atoms with Gasteiger partial charge in [0.05, 0.1) is 19.2 Å². The van der Waals surface area contributed by atoms with Gasteiger partial charge in [-0.05, 0) is 60.2 Å². The quantitative estimate of drug-likeness (QED) is 0.380. The maximum atomic E-state index is 13.0. The third-order valence-electron chi connectivity index (χ3n) is 6.63. The minimum Gasteiger partial charge on any atom is -0.497 e. The molecule has 1 aliphatic rings. The third-order valence-corrected chi connectivity index (χ3v) is 6.63. The van der Waals surface area contributed by atoms with Crippen LogP contribution in [0, 0.1) is 6.92 Å². The van der Waals surface area contributed by atoms with Crippen molar-refractivity contribution in [2.24, 2.45) is 0 Å². The first-order valence-corrected chi connectivity index (χ1v) is 11.8. The van der Waals surface area contributed by atoms with Crippen LogP contribution < -0.4 is 10.1 Å². The van der Waals surface area contributed by atoms with Crippen LogP contribution in [0.2, 0.25) is 0 Å². The van der Waals surface area contributed by atoms with Gasteiger partial charge in [-0.25, -0.2) is 14.8 Å². The van der Waals surface area contributed by atoms with Gasteiger partial charge in [-0.3, -0.25) is 14.5 Å². The number of carboxylic acid groups (broad SMARTS) is 2. The average molecular weight is 505 g/mol. The lowest BCUT2D eigenvalue weighted by Gasteiger charge is -2.28. The van der Waals surface area contributed by atoms with Crippen molar-refractivity contribution in [1.29, 1.82) is 0 Å². The second-order valence-electron chi connectivity index (χ2n) is 8.90. The maximum Gasteiger partial charge on any atom is 0.335 e. The van der Waals surface area contributed by atoms with E-state index in [-0.39, 0.29) is 36.9 Å². The number of ether oxygens (including phenoxy) is 1. The van der Waals surface area contributed by atoms with Crippen molar-refractivity contribution < 1.29 is 29.3 Å². The van der Waals surface area contributed by atoms with Gasteiger partial charge in [0.15, 0.2) is 0 Å². The van der Waals surface area contributed by atoms with E-state index < -0.39 is 17.8 Å². The highest BCUT2D eigenvalue weighted by molar-refractivity contribution is 5.93. The number of hydrogen-bond donors (Lipinski definition) is 3. The standard InChI is InChI=1S/C27H28N4O6/c1-16-20-8-9-23(22(20)7-6-21(16)27(35)36)31(14-24(32)33)13-18-12-28-15-30-25(18)26(34)29-11-17-4-3-5-19(10-17)37-2/h3-7,10,12,15,23H,8-9,11,13-14H2,1-2H3,(H,29,34)(H,32,33)(H,35,36). The van der Waals surface area contributed by atoms with Crippen molar-refractivity contribution in [3.05, 3.63) is 88.0 Å². The molecule has 37 heavy (non-hydrogen) atoms. The molecular formula is C27H28N4O6. The zero-order valence-corrected chi connectivity index (χ0v) is 20.6. The molecule has 1 amide bonds. The summed E-state index contributed by atoms with van der Waals surface area (Å²) in [6, 6.07) is 10.4. The SMILES string of the molecule is COc1cccc(CNC(=O)c2ncncc2CN(CC(=O)O)C2CCc3c2ccc(C(=O)O)c3C)c1. The molecule has 10 nitrogen and oxygen atoms in total. The Morgan fingerprint density at radius 2 is 2.00 bits per heavy atom. The van der Waals surface area contributed by atoms with Gasteiger partial charge in [0.25, 0.3) is 5.91 Å². The molecule has 0 radical (unpaired) electrons. The number of fused-ring (bicyclic) bond motifs is 1. The number of amides is 1. The molecule has 3 N–H and O–H groups in total. The Kier molecular flexibility index (Phi) is 7.78. The summed E-state index contributed by atoms with van der Waals surface area (Å²) < 4.78 is 5.22. The number of nitrogens with one attached hydrogen (secondary N) is 1. The van der Waals surface area contributed by atoms with E-state index in [2.05, 4.69) is 15.3 Å². The number of methoxy groups -OCH3 is 1. The molecular weight excluding hydrogens is 476 g/mol. The number of carbonyl (C=O) groups is 3. The van der Waals surface area contributed by atoms with E-state index in [1.165, 1.54) is 12.5 Å². The molecule has 0 bridgehead atoms. The topological polar surface area (TPSA) is 142 Å². The highest BCUT2D eigenvalue weighted by Gasteiger charge is 2.32.